The zero-order valence-electron chi connectivity index (χ0n) is 15.3. The van der Waals surface area contributed by atoms with Crippen LogP contribution < -0.4 is 0 Å². The van der Waals surface area contributed by atoms with Crippen LogP contribution in [0.15, 0.2) is 36.4 Å². The van der Waals surface area contributed by atoms with Crippen molar-refractivity contribution in [3.63, 3.8) is 0 Å². The van der Waals surface area contributed by atoms with Gasteiger partial charge in [0.1, 0.15) is 12.2 Å². The van der Waals surface area contributed by atoms with Gasteiger partial charge < -0.3 is 20.4 Å². The van der Waals surface area contributed by atoms with E-state index >= 15 is 0 Å². The maximum Gasteiger partial charge on any atom is 0.109 e. The van der Waals surface area contributed by atoms with Gasteiger partial charge in [-0.25, -0.2) is 0 Å². The predicted molar refractivity (Wildman–Crippen MR) is 98.8 cm³/mol. The number of hydrogen-bond donors (Lipinski definition) is 4. The number of rotatable bonds is 6. The van der Waals surface area contributed by atoms with Gasteiger partial charge in [-0.1, -0.05) is 36.4 Å². The molecule has 0 aliphatic heterocycles. The van der Waals surface area contributed by atoms with Gasteiger partial charge in [-0.3, -0.25) is 0 Å². The minimum absolute atomic E-state index is 0.505. The van der Waals surface area contributed by atoms with Crippen LogP contribution in [-0.2, 0) is 0 Å². The minimum Gasteiger partial charge on any atom is -0.394 e. The van der Waals surface area contributed by atoms with Crippen LogP contribution in [-0.4, -0.2) is 45.3 Å². The smallest absolute Gasteiger partial charge is 0.109 e. The Morgan fingerprint density at radius 1 is 0.680 bits per heavy atom. The Morgan fingerprint density at radius 3 is 1.48 bits per heavy atom. The molecule has 4 nitrogen and oxygen atoms in total. The summed E-state index contributed by atoms with van der Waals surface area (Å²) < 4.78 is 0. The van der Waals surface area contributed by atoms with Gasteiger partial charge >= 0.3 is 0 Å². The molecular weight excluding hydrogens is 316 g/mol. The van der Waals surface area contributed by atoms with E-state index in [9.17, 15) is 15.3 Å². The Morgan fingerprint density at radius 2 is 1.12 bits per heavy atom. The van der Waals surface area contributed by atoms with Crippen LogP contribution in [0.5, 0.6) is 0 Å². The summed E-state index contributed by atoms with van der Waals surface area (Å²) in [4.78, 5) is 0. The van der Waals surface area contributed by atoms with Crippen LogP contribution in [0.4, 0.5) is 0 Å². The van der Waals surface area contributed by atoms with Gasteiger partial charge in [-0.2, -0.15) is 0 Å². The zero-order valence-corrected chi connectivity index (χ0v) is 15.3. The summed E-state index contributed by atoms with van der Waals surface area (Å²) in [5.74, 6) is -0.505. The molecule has 0 heterocycles. The van der Waals surface area contributed by atoms with Gasteiger partial charge in [0.2, 0.25) is 0 Å². The van der Waals surface area contributed by atoms with E-state index in [0.717, 1.165) is 33.4 Å². The van der Waals surface area contributed by atoms with Crippen LogP contribution in [0.3, 0.4) is 0 Å². The van der Waals surface area contributed by atoms with Crippen LogP contribution >= 0.6 is 0 Å². The molecule has 0 aromatic heterocycles. The van der Waals surface area contributed by atoms with E-state index in [2.05, 4.69) is 0 Å². The summed E-state index contributed by atoms with van der Waals surface area (Å²) in [5, 5.41) is 39.9. The van der Waals surface area contributed by atoms with Gasteiger partial charge in [0, 0.05) is 5.92 Å². The molecule has 2 aromatic carbocycles. The van der Waals surface area contributed by atoms with Crippen molar-refractivity contribution in [1.29, 1.82) is 0 Å². The average Bonchev–Trinajstić information content (AvgIpc) is 2.59. The molecule has 2 aromatic rings. The largest absolute Gasteiger partial charge is 0.394 e. The quantitative estimate of drug-likeness (QED) is 0.647. The van der Waals surface area contributed by atoms with E-state index in [1.807, 2.05) is 64.1 Å². The van der Waals surface area contributed by atoms with Crippen molar-refractivity contribution >= 4 is 0 Å². The minimum atomic E-state index is -1.45. The fraction of sp³-hybridized carbons (Fsp3) is 0.429. The van der Waals surface area contributed by atoms with E-state index in [4.69, 9.17) is 5.11 Å². The fourth-order valence-electron chi connectivity index (χ4n) is 3.04. The lowest BCUT2D eigenvalue weighted by atomic mass is 9.81. The highest BCUT2D eigenvalue weighted by Crippen LogP contribution is 2.32. The van der Waals surface area contributed by atoms with Crippen molar-refractivity contribution in [1.82, 2.24) is 0 Å². The van der Waals surface area contributed by atoms with Crippen molar-refractivity contribution in [2.24, 2.45) is 0 Å². The van der Waals surface area contributed by atoms with Crippen molar-refractivity contribution < 1.29 is 20.4 Å². The zero-order chi connectivity index (χ0) is 18.7. The molecule has 0 saturated carbocycles. The topological polar surface area (TPSA) is 80.9 Å². The first-order valence-electron chi connectivity index (χ1n) is 8.55. The third-order valence-electron chi connectivity index (χ3n) is 5.05. The summed E-state index contributed by atoms with van der Waals surface area (Å²) in [6, 6.07) is 11.8. The van der Waals surface area contributed by atoms with Gasteiger partial charge in [0.15, 0.2) is 0 Å². The normalized spacial score (nSPS) is 15.2. The molecule has 0 aliphatic rings. The highest BCUT2D eigenvalue weighted by Gasteiger charge is 2.33. The second kappa shape index (κ2) is 8.11. The number of aliphatic hydroxyl groups is 4. The Balaban J connectivity index is 2.53. The van der Waals surface area contributed by atoms with Gasteiger partial charge in [0.25, 0.3) is 0 Å². The predicted octanol–water partition coefficient (Wildman–Crippen LogP) is 2.13. The average molecular weight is 344 g/mol. The van der Waals surface area contributed by atoms with E-state index in [0.29, 0.717) is 0 Å². The number of aliphatic hydroxyl groups excluding tert-OH is 4. The summed E-state index contributed by atoms with van der Waals surface area (Å²) >= 11 is 0. The van der Waals surface area contributed by atoms with Crippen molar-refractivity contribution in [3.8, 4) is 0 Å². The summed E-state index contributed by atoms with van der Waals surface area (Å²) in [6.45, 7) is 7.43. The highest BCUT2D eigenvalue weighted by atomic mass is 16.4. The molecule has 136 valence electrons. The SMILES string of the molecule is Cc1ccc(C(c2ccc(C)c(C)c2)C(O)C(O)C(O)CO)cc1C. The van der Waals surface area contributed by atoms with E-state index in [-0.39, 0.29) is 0 Å². The molecule has 0 radical (unpaired) electrons. The molecule has 0 fully saturated rings. The van der Waals surface area contributed by atoms with Crippen LogP contribution in [0.2, 0.25) is 0 Å². The third kappa shape index (κ3) is 4.28. The van der Waals surface area contributed by atoms with Crippen molar-refractivity contribution in [2.75, 3.05) is 6.61 Å². The lowest BCUT2D eigenvalue weighted by Crippen LogP contribution is -2.43. The Bertz CT molecular complexity index is 674. The number of aryl methyl sites for hydroxylation is 4. The maximum absolute atomic E-state index is 10.8. The summed E-state index contributed by atoms with van der Waals surface area (Å²) in [7, 11) is 0. The van der Waals surface area contributed by atoms with Crippen LogP contribution in [0, 0.1) is 27.7 Å². The monoisotopic (exact) mass is 344 g/mol. The summed E-state index contributed by atoms with van der Waals surface area (Å²) in [5.41, 5.74) is 6.21. The van der Waals surface area contributed by atoms with Gasteiger partial charge in [-0.15, -0.1) is 0 Å². The Labute approximate surface area is 149 Å². The standard InChI is InChI=1S/C21H28O4/c1-12-5-7-16(9-14(12)3)19(21(25)20(24)18(23)11-22)17-8-6-13(2)15(4)10-17/h5-10,18-25H,11H2,1-4H3. The van der Waals surface area contributed by atoms with E-state index < -0.39 is 30.8 Å². The molecule has 2 rings (SSSR count). The van der Waals surface area contributed by atoms with Crippen LogP contribution in [0.1, 0.15) is 39.3 Å². The van der Waals surface area contributed by atoms with Gasteiger partial charge in [-0.05, 0) is 61.1 Å². The molecule has 0 spiro atoms. The molecule has 4 heteroatoms. The highest BCUT2D eigenvalue weighted by molar-refractivity contribution is 5.41. The molecule has 4 N–H and O–H groups in total. The van der Waals surface area contributed by atoms with Gasteiger partial charge in [0.05, 0.1) is 12.7 Å². The van der Waals surface area contributed by atoms with Crippen molar-refractivity contribution in [2.45, 2.75) is 51.9 Å². The molecule has 0 saturated heterocycles. The maximum atomic E-state index is 10.8. The Kier molecular flexibility index (Phi) is 6.36. The summed E-state index contributed by atoms with van der Waals surface area (Å²) in [6.07, 6.45) is -4.08. The van der Waals surface area contributed by atoms with Crippen LogP contribution in [0.25, 0.3) is 0 Å². The second-order valence-corrected chi connectivity index (χ2v) is 6.90. The van der Waals surface area contributed by atoms with E-state index in [1.54, 1.807) is 0 Å². The molecule has 0 aliphatic carbocycles. The molecule has 25 heavy (non-hydrogen) atoms. The second-order valence-electron chi connectivity index (χ2n) is 6.90. The first-order chi connectivity index (χ1) is 11.8. The number of hydrogen-bond acceptors (Lipinski definition) is 4. The molecule has 0 bridgehead atoms. The lowest BCUT2D eigenvalue weighted by molar-refractivity contribution is -0.0806. The first-order valence-corrected chi connectivity index (χ1v) is 8.55. The van der Waals surface area contributed by atoms with E-state index in [1.165, 1.54) is 0 Å². The molecule has 3 atom stereocenters. The fourth-order valence-corrected chi connectivity index (χ4v) is 3.04. The number of benzene rings is 2. The third-order valence-corrected chi connectivity index (χ3v) is 5.05. The van der Waals surface area contributed by atoms with Crippen molar-refractivity contribution in [3.05, 3.63) is 69.8 Å². The lowest BCUT2D eigenvalue weighted by Gasteiger charge is -2.30. The molecule has 0 amide bonds. The first kappa shape index (κ1) is 19.6. The molecular formula is C21H28O4. The molecule has 3 unspecified atom stereocenters. The Hall–Kier alpha value is -1.72.